The van der Waals surface area contributed by atoms with Crippen LogP contribution >= 0.6 is 11.3 Å². The van der Waals surface area contributed by atoms with Crippen LogP contribution in [0.1, 0.15) is 24.5 Å². The summed E-state index contributed by atoms with van der Waals surface area (Å²) in [7, 11) is 0. The molecule has 1 fully saturated rings. The van der Waals surface area contributed by atoms with Gasteiger partial charge in [0.1, 0.15) is 6.54 Å². The number of carbonyl (C=O) groups is 1. The van der Waals surface area contributed by atoms with E-state index in [1.165, 1.54) is 24.2 Å². The number of pyridine rings is 1. The molecule has 0 saturated heterocycles. The lowest BCUT2D eigenvalue weighted by molar-refractivity contribution is -0.116. The highest BCUT2D eigenvalue weighted by Gasteiger charge is 2.26. The fourth-order valence-corrected chi connectivity index (χ4v) is 4.27. The van der Waals surface area contributed by atoms with E-state index in [0.29, 0.717) is 21.8 Å². The van der Waals surface area contributed by atoms with Gasteiger partial charge in [-0.15, -0.1) is 11.3 Å². The number of para-hydroxylation sites is 2. The molecule has 4 aromatic rings. The predicted molar refractivity (Wildman–Crippen MR) is 108 cm³/mol. The molecule has 2 aromatic heterocycles. The fraction of sp³-hybridized carbons (Fsp3) is 0.190. The number of benzene rings is 2. The number of hydrogen-bond acceptors (Lipinski definition) is 4. The van der Waals surface area contributed by atoms with Gasteiger partial charge in [-0.2, -0.15) is 0 Å². The molecular weight excluding hydrogens is 358 g/mol. The van der Waals surface area contributed by atoms with Gasteiger partial charge >= 0.3 is 0 Å². The van der Waals surface area contributed by atoms with E-state index in [1.807, 2.05) is 46.3 Å². The summed E-state index contributed by atoms with van der Waals surface area (Å²) in [6.07, 6.45) is 2.37. The molecule has 2 heterocycles. The van der Waals surface area contributed by atoms with Gasteiger partial charge in [0.2, 0.25) is 5.91 Å². The van der Waals surface area contributed by atoms with E-state index in [4.69, 9.17) is 0 Å². The summed E-state index contributed by atoms with van der Waals surface area (Å²) in [6.45, 7) is 0.125. The molecule has 0 aliphatic heterocycles. The summed E-state index contributed by atoms with van der Waals surface area (Å²) in [5, 5.41) is 6.81. The van der Waals surface area contributed by atoms with Crippen molar-refractivity contribution in [1.82, 2.24) is 9.55 Å². The Morgan fingerprint density at radius 2 is 1.70 bits per heavy atom. The topological polar surface area (TPSA) is 64.0 Å². The molecule has 1 saturated carbocycles. The molecule has 0 bridgehead atoms. The number of carbonyl (C=O) groups excluding carboxylic acids is 1. The number of thiazole rings is 1. The number of rotatable bonds is 4. The van der Waals surface area contributed by atoms with Gasteiger partial charge in [-0.1, -0.05) is 24.3 Å². The highest BCUT2D eigenvalue weighted by atomic mass is 32.1. The van der Waals surface area contributed by atoms with E-state index in [9.17, 15) is 9.59 Å². The molecule has 5 rings (SSSR count). The molecule has 0 unspecified atom stereocenters. The van der Waals surface area contributed by atoms with Crippen LogP contribution in [-0.4, -0.2) is 15.5 Å². The first-order valence-electron chi connectivity index (χ1n) is 8.96. The number of amides is 1. The molecule has 2 aromatic carbocycles. The van der Waals surface area contributed by atoms with E-state index in [1.54, 1.807) is 12.1 Å². The zero-order chi connectivity index (χ0) is 18.4. The minimum absolute atomic E-state index is 0.00754. The van der Waals surface area contributed by atoms with E-state index in [2.05, 4.69) is 10.3 Å². The Labute approximate surface area is 159 Å². The highest BCUT2D eigenvalue weighted by Crippen LogP contribution is 2.40. The zero-order valence-electron chi connectivity index (χ0n) is 14.5. The van der Waals surface area contributed by atoms with Gasteiger partial charge < -0.3 is 9.88 Å². The van der Waals surface area contributed by atoms with E-state index in [0.717, 1.165) is 16.7 Å². The molecule has 1 amide bonds. The summed E-state index contributed by atoms with van der Waals surface area (Å²) < 4.78 is 1.90. The molecule has 1 N–H and O–H groups in total. The minimum Gasteiger partial charge on any atom is -0.331 e. The monoisotopic (exact) mass is 375 g/mol. The average Bonchev–Trinajstić information content (AvgIpc) is 3.45. The molecule has 0 atom stereocenters. The zero-order valence-corrected chi connectivity index (χ0v) is 15.3. The molecule has 1 aliphatic carbocycles. The Morgan fingerprint density at radius 1 is 1.07 bits per heavy atom. The van der Waals surface area contributed by atoms with Crippen LogP contribution in [0, 0.1) is 0 Å². The molecule has 134 valence electrons. The summed E-state index contributed by atoms with van der Waals surface area (Å²) in [5.74, 6) is 0.421. The molecular formula is C21H17N3O2S. The minimum atomic E-state index is -0.148. The Balaban J connectivity index is 1.53. The Morgan fingerprint density at radius 3 is 2.33 bits per heavy atom. The van der Waals surface area contributed by atoms with Crippen molar-refractivity contribution in [2.75, 3.05) is 5.32 Å². The van der Waals surface area contributed by atoms with Crippen LogP contribution in [0.25, 0.3) is 21.8 Å². The Bertz CT molecular complexity index is 1180. The molecule has 27 heavy (non-hydrogen) atoms. The summed E-state index contributed by atoms with van der Waals surface area (Å²) >= 11 is 1.46. The summed E-state index contributed by atoms with van der Waals surface area (Å²) in [4.78, 5) is 30.0. The van der Waals surface area contributed by atoms with Gasteiger partial charge in [0, 0.05) is 22.1 Å². The number of hydrogen-bond donors (Lipinski definition) is 1. The molecule has 5 nitrogen and oxygen atoms in total. The normalized spacial score (nSPS) is 13.9. The first-order chi connectivity index (χ1) is 13.2. The van der Waals surface area contributed by atoms with Crippen molar-refractivity contribution < 1.29 is 4.79 Å². The van der Waals surface area contributed by atoms with Crippen LogP contribution in [0.4, 0.5) is 5.13 Å². The van der Waals surface area contributed by atoms with Crippen molar-refractivity contribution in [2.45, 2.75) is 25.3 Å². The lowest BCUT2D eigenvalue weighted by Crippen LogP contribution is -2.21. The standard InChI is InChI=1S/C21H17N3O2S/c25-19(23-21-22-16(12-27-21)13-9-10-13)11-24-17-7-3-1-5-14(17)20(26)15-6-2-4-8-18(15)24/h1-8,12-13H,9-11H2,(H,22,23,25). The van der Waals surface area contributed by atoms with Crippen molar-refractivity contribution in [3.8, 4) is 0 Å². The predicted octanol–water partition coefficient (Wildman–Crippen LogP) is 4.13. The number of nitrogens with zero attached hydrogens (tertiary/aromatic N) is 2. The summed E-state index contributed by atoms with van der Waals surface area (Å²) in [5.41, 5.74) is 2.59. The third-order valence-corrected chi connectivity index (χ3v) is 5.72. The van der Waals surface area contributed by atoms with Crippen LogP contribution < -0.4 is 10.7 Å². The Kier molecular flexibility index (Phi) is 3.79. The van der Waals surface area contributed by atoms with Gasteiger partial charge in [-0.05, 0) is 37.1 Å². The smallest absolute Gasteiger partial charge is 0.246 e. The second-order valence-electron chi connectivity index (χ2n) is 6.85. The molecule has 0 spiro atoms. The van der Waals surface area contributed by atoms with E-state index < -0.39 is 0 Å². The van der Waals surface area contributed by atoms with E-state index in [-0.39, 0.29) is 17.9 Å². The van der Waals surface area contributed by atoms with Crippen LogP contribution in [0.15, 0.2) is 58.7 Å². The first kappa shape index (κ1) is 16.2. The lowest BCUT2D eigenvalue weighted by atomic mass is 10.1. The van der Waals surface area contributed by atoms with Crippen molar-refractivity contribution >= 4 is 44.2 Å². The number of aromatic nitrogens is 2. The molecule has 6 heteroatoms. The third kappa shape index (κ3) is 2.92. The number of anilines is 1. The van der Waals surface area contributed by atoms with Crippen LogP contribution in [-0.2, 0) is 11.3 Å². The SMILES string of the molecule is O=C(Cn1c2ccccc2c(=O)c2ccccc21)Nc1nc(C2CC2)cs1. The highest BCUT2D eigenvalue weighted by molar-refractivity contribution is 7.13. The van der Waals surface area contributed by atoms with Gasteiger partial charge in [-0.25, -0.2) is 4.98 Å². The van der Waals surface area contributed by atoms with Crippen LogP contribution in [0.2, 0.25) is 0 Å². The maximum atomic E-state index is 12.8. The fourth-order valence-electron chi connectivity index (χ4n) is 3.46. The molecule has 0 radical (unpaired) electrons. The van der Waals surface area contributed by atoms with Crippen molar-refractivity contribution in [3.05, 3.63) is 69.8 Å². The van der Waals surface area contributed by atoms with Crippen LogP contribution in [0.5, 0.6) is 0 Å². The average molecular weight is 375 g/mol. The first-order valence-corrected chi connectivity index (χ1v) is 9.84. The lowest BCUT2D eigenvalue weighted by Gasteiger charge is -2.14. The van der Waals surface area contributed by atoms with Crippen LogP contribution in [0.3, 0.4) is 0 Å². The Hall–Kier alpha value is -2.99. The maximum Gasteiger partial charge on any atom is 0.246 e. The van der Waals surface area contributed by atoms with Gasteiger partial charge in [0.25, 0.3) is 0 Å². The van der Waals surface area contributed by atoms with Gasteiger partial charge in [0.05, 0.1) is 16.7 Å². The second kappa shape index (κ2) is 6.32. The van der Waals surface area contributed by atoms with Crippen molar-refractivity contribution in [2.24, 2.45) is 0 Å². The maximum absolute atomic E-state index is 12.8. The quantitative estimate of drug-likeness (QED) is 0.546. The third-order valence-electron chi connectivity index (χ3n) is 4.94. The van der Waals surface area contributed by atoms with Crippen molar-refractivity contribution in [3.63, 3.8) is 0 Å². The summed E-state index contributed by atoms with van der Waals surface area (Å²) in [6, 6.07) is 14.8. The second-order valence-corrected chi connectivity index (χ2v) is 7.71. The number of fused-ring (bicyclic) bond motifs is 2. The largest absolute Gasteiger partial charge is 0.331 e. The van der Waals surface area contributed by atoms with E-state index >= 15 is 0 Å². The van der Waals surface area contributed by atoms with Crippen molar-refractivity contribution in [1.29, 1.82) is 0 Å². The molecule has 1 aliphatic rings. The van der Waals surface area contributed by atoms with Gasteiger partial charge in [-0.3, -0.25) is 9.59 Å². The van der Waals surface area contributed by atoms with Gasteiger partial charge in [0.15, 0.2) is 10.6 Å². The number of nitrogens with one attached hydrogen (secondary N) is 1.